The van der Waals surface area contributed by atoms with E-state index < -0.39 is 5.82 Å². The van der Waals surface area contributed by atoms with Gasteiger partial charge in [-0.3, -0.25) is 4.79 Å². The molecule has 0 saturated carbocycles. The number of rotatable bonds is 3. The summed E-state index contributed by atoms with van der Waals surface area (Å²) in [6.07, 6.45) is 1.46. The standard InChI is InChI=1S/C11H7BrClFN2OS/c12-11-16-5-9(18-11)10(17)15-4-6-3-7(13)1-2-8(6)14/h1-3,5H,4H2,(H,15,17). The molecule has 0 bridgehead atoms. The summed E-state index contributed by atoms with van der Waals surface area (Å²) in [4.78, 5) is 16.1. The van der Waals surface area contributed by atoms with Gasteiger partial charge >= 0.3 is 0 Å². The van der Waals surface area contributed by atoms with Crippen LogP contribution in [0.4, 0.5) is 4.39 Å². The van der Waals surface area contributed by atoms with Crippen LogP contribution in [-0.2, 0) is 6.54 Å². The van der Waals surface area contributed by atoms with E-state index in [0.29, 0.717) is 19.4 Å². The number of amides is 1. The second-order valence-corrected chi connectivity index (χ2v) is 6.14. The minimum Gasteiger partial charge on any atom is -0.347 e. The molecule has 0 aliphatic carbocycles. The van der Waals surface area contributed by atoms with E-state index in [1.807, 2.05) is 0 Å². The minimum atomic E-state index is -0.398. The Bertz CT molecular complexity index is 590. The van der Waals surface area contributed by atoms with Crippen LogP contribution in [0.5, 0.6) is 0 Å². The monoisotopic (exact) mass is 348 g/mol. The molecule has 1 heterocycles. The quantitative estimate of drug-likeness (QED) is 0.919. The number of thiazole rings is 1. The van der Waals surface area contributed by atoms with Gasteiger partial charge in [-0.2, -0.15) is 0 Å². The molecule has 0 aliphatic rings. The lowest BCUT2D eigenvalue weighted by Gasteiger charge is -2.05. The van der Waals surface area contributed by atoms with Crippen molar-refractivity contribution >= 4 is 44.8 Å². The highest BCUT2D eigenvalue weighted by atomic mass is 79.9. The molecule has 1 aromatic carbocycles. The first-order valence-corrected chi connectivity index (χ1v) is 6.88. The zero-order valence-corrected chi connectivity index (χ0v) is 12.1. The summed E-state index contributed by atoms with van der Waals surface area (Å²) in [5, 5.41) is 3.04. The first-order valence-electron chi connectivity index (χ1n) is 4.89. The van der Waals surface area contributed by atoms with Crippen LogP contribution in [0.1, 0.15) is 15.2 Å². The lowest BCUT2D eigenvalue weighted by Crippen LogP contribution is -2.22. The molecule has 1 N–H and O–H groups in total. The Hall–Kier alpha value is -0.980. The van der Waals surface area contributed by atoms with E-state index in [1.165, 1.54) is 35.7 Å². The lowest BCUT2D eigenvalue weighted by molar-refractivity contribution is 0.0954. The second-order valence-electron chi connectivity index (χ2n) is 3.40. The van der Waals surface area contributed by atoms with Crippen LogP contribution in [0.2, 0.25) is 5.02 Å². The minimum absolute atomic E-state index is 0.0841. The number of halogens is 3. The van der Waals surface area contributed by atoms with Gasteiger partial charge in [0.15, 0.2) is 3.92 Å². The Morgan fingerprint density at radius 3 is 3.00 bits per heavy atom. The molecule has 0 atom stereocenters. The van der Waals surface area contributed by atoms with Gasteiger partial charge in [0.2, 0.25) is 0 Å². The molecule has 0 spiro atoms. The van der Waals surface area contributed by atoms with E-state index in [-0.39, 0.29) is 12.5 Å². The molecule has 0 fully saturated rings. The van der Waals surface area contributed by atoms with Gasteiger partial charge in [0.25, 0.3) is 5.91 Å². The summed E-state index contributed by atoms with van der Waals surface area (Å²) in [5.74, 6) is -0.692. The van der Waals surface area contributed by atoms with E-state index in [0.717, 1.165) is 0 Å². The maximum atomic E-state index is 13.4. The topological polar surface area (TPSA) is 42.0 Å². The van der Waals surface area contributed by atoms with Crippen LogP contribution in [0, 0.1) is 5.82 Å². The van der Waals surface area contributed by atoms with Crippen LogP contribution in [0.3, 0.4) is 0 Å². The predicted octanol–water partition coefficient (Wildman–Crippen LogP) is 3.63. The fourth-order valence-electron chi connectivity index (χ4n) is 1.30. The van der Waals surface area contributed by atoms with Crippen LogP contribution < -0.4 is 5.32 Å². The molecule has 3 nitrogen and oxygen atoms in total. The summed E-state index contributed by atoms with van der Waals surface area (Å²) in [7, 11) is 0. The van der Waals surface area contributed by atoms with Crippen molar-refractivity contribution in [3.05, 3.63) is 49.6 Å². The molecule has 0 unspecified atom stereocenters. The van der Waals surface area contributed by atoms with Gasteiger partial charge in [-0.25, -0.2) is 9.37 Å². The van der Waals surface area contributed by atoms with Crippen LogP contribution in [0.15, 0.2) is 28.3 Å². The van der Waals surface area contributed by atoms with Crippen LogP contribution >= 0.6 is 38.9 Å². The van der Waals surface area contributed by atoms with Gasteiger partial charge in [-0.1, -0.05) is 11.6 Å². The van der Waals surface area contributed by atoms with E-state index in [9.17, 15) is 9.18 Å². The Kier molecular flexibility index (Phi) is 4.31. The Morgan fingerprint density at radius 2 is 2.33 bits per heavy atom. The third kappa shape index (κ3) is 3.28. The molecule has 1 aromatic heterocycles. The van der Waals surface area contributed by atoms with Crippen molar-refractivity contribution in [1.82, 2.24) is 10.3 Å². The van der Waals surface area contributed by atoms with E-state index in [1.54, 1.807) is 0 Å². The Labute approximate surface area is 120 Å². The number of hydrogen-bond donors (Lipinski definition) is 1. The van der Waals surface area contributed by atoms with Gasteiger partial charge < -0.3 is 5.32 Å². The predicted molar refractivity (Wildman–Crippen MR) is 72.4 cm³/mol. The van der Waals surface area contributed by atoms with E-state index >= 15 is 0 Å². The molecule has 7 heteroatoms. The maximum Gasteiger partial charge on any atom is 0.263 e. The van der Waals surface area contributed by atoms with Crippen molar-refractivity contribution in [3.8, 4) is 0 Å². The summed E-state index contributed by atoms with van der Waals surface area (Å²) < 4.78 is 14.0. The highest BCUT2D eigenvalue weighted by Crippen LogP contribution is 2.19. The zero-order chi connectivity index (χ0) is 13.1. The van der Waals surface area contributed by atoms with Crippen LogP contribution in [0.25, 0.3) is 0 Å². The van der Waals surface area contributed by atoms with Crippen molar-refractivity contribution in [2.24, 2.45) is 0 Å². The van der Waals surface area contributed by atoms with Gasteiger partial charge in [-0.15, -0.1) is 11.3 Å². The Balaban J connectivity index is 2.03. The van der Waals surface area contributed by atoms with Gasteiger partial charge in [-0.05, 0) is 34.1 Å². The van der Waals surface area contributed by atoms with Gasteiger partial charge in [0, 0.05) is 17.1 Å². The van der Waals surface area contributed by atoms with Crippen molar-refractivity contribution < 1.29 is 9.18 Å². The number of carbonyl (C=O) groups excluding carboxylic acids is 1. The SMILES string of the molecule is O=C(NCc1cc(Cl)ccc1F)c1cnc(Br)s1. The van der Waals surface area contributed by atoms with Crippen molar-refractivity contribution in [2.45, 2.75) is 6.54 Å². The third-order valence-corrected chi connectivity index (χ3v) is 3.86. The average Bonchev–Trinajstić information content (AvgIpc) is 2.77. The van der Waals surface area contributed by atoms with Crippen LogP contribution in [-0.4, -0.2) is 10.9 Å². The highest BCUT2D eigenvalue weighted by Gasteiger charge is 2.10. The summed E-state index contributed by atoms with van der Waals surface area (Å²) in [5.41, 5.74) is 0.347. The molecule has 18 heavy (non-hydrogen) atoms. The smallest absolute Gasteiger partial charge is 0.263 e. The molecule has 0 radical (unpaired) electrons. The molecule has 94 valence electrons. The fraction of sp³-hybridized carbons (Fsp3) is 0.0909. The second kappa shape index (κ2) is 5.77. The normalized spacial score (nSPS) is 10.4. The zero-order valence-electron chi connectivity index (χ0n) is 8.91. The summed E-state index contributed by atoms with van der Waals surface area (Å²) >= 11 is 10.1. The number of aromatic nitrogens is 1. The molecule has 2 aromatic rings. The summed E-state index contributed by atoms with van der Waals surface area (Å²) in [6, 6.07) is 4.22. The number of nitrogens with one attached hydrogen (secondary N) is 1. The molecular formula is C11H7BrClFN2OS. The van der Waals surface area contributed by atoms with Crippen molar-refractivity contribution in [1.29, 1.82) is 0 Å². The summed E-state index contributed by atoms with van der Waals surface area (Å²) in [6.45, 7) is 0.0841. The maximum absolute atomic E-state index is 13.4. The van der Waals surface area contributed by atoms with Gasteiger partial charge in [0.05, 0.1) is 6.20 Å². The molecule has 0 saturated heterocycles. The molecule has 0 aliphatic heterocycles. The molecule has 1 amide bonds. The third-order valence-electron chi connectivity index (χ3n) is 2.15. The van der Waals surface area contributed by atoms with Crippen molar-refractivity contribution in [2.75, 3.05) is 0 Å². The number of carbonyl (C=O) groups is 1. The van der Waals surface area contributed by atoms with E-state index in [2.05, 4.69) is 26.2 Å². The Morgan fingerprint density at radius 1 is 1.56 bits per heavy atom. The number of hydrogen-bond acceptors (Lipinski definition) is 3. The number of nitrogens with zero attached hydrogens (tertiary/aromatic N) is 1. The average molecular weight is 350 g/mol. The number of benzene rings is 1. The lowest BCUT2D eigenvalue weighted by atomic mass is 10.2. The highest BCUT2D eigenvalue weighted by molar-refractivity contribution is 9.11. The fourth-order valence-corrected chi connectivity index (χ4v) is 2.68. The first-order chi connectivity index (χ1) is 8.56. The molecular weight excluding hydrogens is 343 g/mol. The molecule has 2 rings (SSSR count). The van der Waals surface area contributed by atoms with Crippen molar-refractivity contribution in [3.63, 3.8) is 0 Å². The first kappa shape index (κ1) is 13.5. The van der Waals surface area contributed by atoms with E-state index in [4.69, 9.17) is 11.6 Å². The van der Waals surface area contributed by atoms with Gasteiger partial charge in [0.1, 0.15) is 10.7 Å². The largest absolute Gasteiger partial charge is 0.347 e.